The monoisotopic (exact) mass is 506 g/mol. The highest BCUT2D eigenvalue weighted by molar-refractivity contribution is 5.82. The summed E-state index contributed by atoms with van der Waals surface area (Å²) in [5.41, 5.74) is 4.76. The van der Waals surface area contributed by atoms with Crippen molar-refractivity contribution >= 4 is 22.4 Å². The van der Waals surface area contributed by atoms with Gasteiger partial charge in [0.15, 0.2) is 0 Å². The lowest BCUT2D eigenvalue weighted by Crippen LogP contribution is -2.31. The summed E-state index contributed by atoms with van der Waals surface area (Å²) in [6, 6.07) is 11.7. The molecule has 0 unspecified atom stereocenters. The minimum absolute atomic E-state index is 0.112. The molecule has 9 nitrogen and oxygen atoms in total. The second-order valence-corrected chi connectivity index (χ2v) is 9.21. The first-order valence-electron chi connectivity index (χ1n) is 12.3. The van der Waals surface area contributed by atoms with Crippen LogP contribution >= 0.6 is 0 Å². The summed E-state index contributed by atoms with van der Waals surface area (Å²) in [6.45, 7) is 2.30. The third kappa shape index (κ3) is 5.50. The third-order valence-electron chi connectivity index (χ3n) is 6.84. The van der Waals surface area contributed by atoms with Crippen molar-refractivity contribution in [2.45, 2.75) is 18.9 Å². The molecule has 0 bridgehead atoms. The average Bonchev–Trinajstić information content (AvgIpc) is 3.43. The predicted molar refractivity (Wildman–Crippen MR) is 140 cm³/mol. The standard InChI is InChI=1S/C27H31FN6O3/c1-32-8-6-20(7-9-32)34-18-19(16-30-34)27-17-29-25-5-4-21(14-26(25)31-27)33(10-11-37-28)22-12-23(35-2)15-24(13-22)36-3/h4-5,12-18,20H,6-11H2,1-3H3. The van der Waals surface area contributed by atoms with Crippen LogP contribution in [0.2, 0.25) is 0 Å². The van der Waals surface area contributed by atoms with Gasteiger partial charge >= 0.3 is 0 Å². The fourth-order valence-corrected chi connectivity index (χ4v) is 4.72. The minimum Gasteiger partial charge on any atom is -0.497 e. The number of halogens is 1. The van der Waals surface area contributed by atoms with E-state index in [1.807, 2.05) is 41.4 Å². The van der Waals surface area contributed by atoms with Gasteiger partial charge in [0, 0.05) is 41.3 Å². The molecule has 37 heavy (non-hydrogen) atoms. The van der Waals surface area contributed by atoms with Gasteiger partial charge in [-0.05, 0) is 55.7 Å². The number of rotatable bonds is 9. The molecular formula is C27H31FN6O3. The molecule has 0 radical (unpaired) electrons. The summed E-state index contributed by atoms with van der Waals surface area (Å²) in [7, 11) is 5.34. The molecule has 0 aliphatic carbocycles. The van der Waals surface area contributed by atoms with Crippen LogP contribution in [0.5, 0.6) is 11.5 Å². The average molecular weight is 507 g/mol. The normalized spacial score (nSPS) is 14.7. The molecule has 4 aromatic rings. The molecule has 0 N–H and O–H groups in total. The van der Waals surface area contributed by atoms with Crippen molar-refractivity contribution in [2.75, 3.05) is 52.4 Å². The largest absolute Gasteiger partial charge is 0.497 e. The van der Waals surface area contributed by atoms with E-state index in [-0.39, 0.29) is 13.2 Å². The van der Waals surface area contributed by atoms with Crippen LogP contribution in [-0.4, -0.2) is 72.2 Å². The number of nitrogens with zero attached hydrogens (tertiary/aromatic N) is 6. The predicted octanol–water partition coefficient (Wildman–Crippen LogP) is 4.82. The van der Waals surface area contributed by atoms with Crippen LogP contribution in [0.25, 0.3) is 22.3 Å². The maximum absolute atomic E-state index is 12.7. The highest BCUT2D eigenvalue weighted by atomic mass is 19.3. The van der Waals surface area contributed by atoms with Gasteiger partial charge in [0.1, 0.15) is 18.1 Å². The molecule has 0 spiro atoms. The van der Waals surface area contributed by atoms with Crippen molar-refractivity contribution in [1.82, 2.24) is 24.6 Å². The molecule has 1 saturated heterocycles. The lowest BCUT2D eigenvalue weighted by molar-refractivity contribution is -0.128. The second-order valence-electron chi connectivity index (χ2n) is 9.21. The minimum atomic E-state index is -0.112. The summed E-state index contributed by atoms with van der Waals surface area (Å²) >= 11 is 0. The van der Waals surface area contributed by atoms with Gasteiger partial charge in [-0.15, -0.1) is 0 Å². The molecule has 3 heterocycles. The molecule has 1 fully saturated rings. The number of methoxy groups -OCH3 is 2. The lowest BCUT2D eigenvalue weighted by Gasteiger charge is -2.28. The Morgan fingerprint density at radius 1 is 0.973 bits per heavy atom. The van der Waals surface area contributed by atoms with Gasteiger partial charge in [0.05, 0.1) is 55.9 Å². The summed E-state index contributed by atoms with van der Waals surface area (Å²) in [6.07, 6.45) is 7.85. The van der Waals surface area contributed by atoms with E-state index in [1.165, 1.54) is 0 Å². The van der Waals surface area contributed by atoms with Crippen molar-refractivity contribution < 1.29 is 18.9 Å². The first-order chi connectivity index (χ1) is 18.1. The van der Waals surface area contributed by atoms with E-state index < -0.39 is 0 Å². The van der Waals surface area contributed by atoms with Crippen molar-refractivity contribution in [3.63, 3.8) is 0 Å². The molecule has 1 aliphatic rings. The molecule has 1 aliphatic heterocycles. The Labute approximate surface area is 215 Å². The summed E-state index contributed by atoms with van der Waals surface area (Å²) in [4.78, 5) is 17.7. The van der Waals surface area contributed by atoms with E-state index >= 15 is 0 Å². The number of hydrogen-bond acceptors (Lipinski definition) is 8. The quantitative estimate of drug-likeness (QED) is 0.320. The summed E-state index contributed by atoms with van der Waals surface area (Å²) < 4.78 is 25.6. The smallest absolute Gasteiger partial charge is 0.124 e. The maximum atomic E-state index is 12.7. The molecule has 0 atom stereocenters. The van der Waals surface area contributed by atoms with E-state index in [0.717, 1.165) is 59.6 Å². The van der Waals surface area contributed by atoms with E-state index in [9.17, 15) is 4.53 Å². The van der Waals surface area contributed by atoms with Crippen LogP contribution in [0, 0.1) is 0 Å². The highest BCUT2D eigenvalue weighted by Crippen LogP contribution is 2.34. The molecule has 0 saturated carbocycles. The van der Waals surface area contributed by atoms with E-state index in [2.05, 4.69) is 37.9 Å². The fourth-order valence-electron chi connectivity index (χ4n) is 4.72. The summed E-state index contributed by atoms with van der Waals surface area (Å²) in [5.74, 6) is 1.26. The van der Waals surface area contributed by atoms with Gasteiger partial charge in [-0.3, -0.25) is 9.67 Å². The molecule has 2 aromatic carbocycles. The molecule has 194 valence electrons. The molecule has 10 heteroatoms. The highest BCUT2D eigenvalue weighted by Gasteiger charge is 2.20. The number of anilines is 2. The number of likely N-dealkylation sites (tertiary alicyclic amines) is 1. The van der Waals surface area contributed by atoms with Gasteiger partial charge in [-0.2, -0.15) is 10.0 Å². The topological polar surface area (TPSA) is 77.8 Å². The van der Waals surface area contributed by atoms with Crippen LogP contribution < -0.4 is 14.4 Å². The van der Waals surface area contributed by atoms with E-state index in [0.29, 0.717) is 17.5 Å². The molecule has 0 amide bonds. The Morgan fingerprint density at radius 3 is 2.43 bits per heavy atom. The number of ether oxygens (including phenoxy) is 2. The zero-order valence-electron chi connectivity index (χ0n) is 21.3. The van der Waals surface area contributed by atoms with Crippen LogP contribution in [0.1, 0.15) is 18.9 Å². The first-order valence-corrected chi connectivity index (χ1v) is 12.3. The van der Waals surface area contributed by atoms with Crippen LogP contribution in [-0.2, 0) is 4.94 Å². The third-order valence-corrected chi connectivity index (χ3v) is 6.84. The first kappa shape index (κ1) is 24.9. The maximum Gasteiger partial charge on any atom is 0.124 e. The second kappa shape index (κ2) is 11.1. The van der Waals surface area contributed by atoms with E-state index in [1.54, 1.807) is 26.5 Å². The van der Waals surface area contributed by atoms with Gasteiger partial charge in [0.2, 0.25) is 0 Å². The molecule has 5 rings (SSSR count). The number of fused-ring (bicyclic) bond motifs is 1. The fraction of sp³-hybridized carbons (Fsp3) is 0.370. The number of piperidine rings is 1. The van der Waals surface area contributed by atoms with Crippen molar-refractivity contribution in [2.24, 2.45) is 0 Å². The van der Waals surface area contributed by atoms with Crippen LogP contribution in [0.4, 0.5) is 15.9 Å². The Bertz CT molecular complexity index is 1330. The van der Waals surface area contributed by atoms with Crippen LogP contribution in [0.3, 0.4) is 0 Å². The SMILES string of the molecule is COc1cc(OC)cc(N(CCOF)c2ccc3ncc(-c4cnn(C5CCN(C)CC5)c4)nc3c2)c1. The number of aromatic nitrogens is 4. The zero-order chi connectivity index (χ0) is 25.8. The van der Waals surface area contributed by atoms with Gasteiger partial charge in [0.25, 0.3) is 0 Å². The van der Waals surface area contributed by atoms with Crippen molar-refractivity contribution in [3.8, 4) is 22.8 Å². The molecule has 2 aromatic heterocycles. The number of hydrogen-bond donors (Lipinski definition) is 0. The van der Waals surface area contributed by atoms with Crippen molar-refractivity contribution in [3.05, 3.63) is 55.0 Å². The Hall–Kier alpha value is -3.76. The Balaban J connectivity index is 1.47. The van der Waals surface area contributed by atoms with Gasteiger partial charge < -0.3 is 19.3 Å². The van der Waals surface area contributed by atoms with Crippen LogP contribution in [0.15, 0.2) is 55.0 Å². The summed E-state index contributed by atoms with van der Waals surface area (Å²) in [5, 5.41) is 4.62. The number of benzene rings is 2. The van der Waals surface area contributed by atoms with Gasteiger partial charge in [-0.25, -0.2) is 4.98 Å². The lowest BCUT2D eigenvalue weighted by atomic mass is 10.1. The Morgan fingerprint density at radius 2 is 1.73 bits per heavy atom. The van der Waals surface area contributed by atoms with Gasteiger partial charge in [-0.1, -0.05) is 0 Å². The Kier molecular flexibility index (Phi) is 7.47. The van der Waals surface area contributed by atoms with E-state index in [4.69, 9.17) is 14.5 Å². The molecular weight excluding hydrogens is 475 g/mol. The zero-order valence-corrected chi connectivity index (χ0v) is 21.3. The van der Waals surface area contributed by atoms with Crippen molar-refractivity contribution in [1.29, 1.82) is 0 Å².